The number of aliphatic hydroxyl groups excluding tert-OH is 1. The molecule has 1 aromatic rings. The van der Waals surface area contributed by atoms with Gasteiger partial charge in [0, 0.05) is 10.0 Å². The molecule has 0 spiro atoms. The summed E-state index contributed by atoms with van der Waals surface area (Å²) < 4.78 is 11.6. The van der Waals surface area contributed by atoms with Crippen molar-refractivity contribution in [1.29, 1.82) is 0 Å². The van der Waals surface area contributed by atoms with E-state index >= 15 is 0 Å². The van der Waals surface area contributed by atoms with Gasteiger partial charge in [0.25, 0.3) is 0 Å². The van der Waals surface area contributed by atoms with Gasteiger partial charge in [-0.25, -0.2) is 0 Å². The highest BCUT2D eigenvalue weighted by Crippen LogP contribution is 2.35. The lowest BCUT2D eigenvalue weighted by molar-refractivity contribution is -0.104. The van der Waals surface area contributed by atoms with Crippen LogP contribution in [-0.4, -0.2) is 18.0 Å². The van der Waals surface area contributed by atoms with Gasteiger partial charge in [-0.15, -0.1) is 0 Å². The van der Waals surface area contributed by atoms with Crippen LogP contribution in [0.5, 0.6) is 5.75 Å². The lowest BCUT2D eigenvalue weighted by Crippen LogP contribution is -2.25. The van der Waals surface area contributed by atoms with Crippen LogP contribution in [-0.2, 0) is 4.74 Å². The summed E-state index contributed by atoms with van der Waals surface area (Å²) in [6.07, 6.45) is -0.814. The van der Waals surface area contributed by atoms with Gasteiger partial charge in [-0.3, -0.25) is 0 Å². The van der Waals surface area contributed by atoms with Crippen molar-refractivity contribution in [3.05, 3.63) is 28.2 Å². The van der Waals surface area contributed by atoms with E-state index in [-0.39, 0.29) is 12.9 Å². The van der Waals surface area contributed by atoms with Crippen LogP contribution in [0.4, 0.5) is 0 Å². The average molecular weight is 259 g/mol. The molecule has 4 heteroatoms. The Hall–Kier alpha value is -0.580. The smallest absolute Gasteiger partial charge is 0.189 e. The van der Waals surface area contributed by atoms with Crippen molar-refractivity contribution in [3.63, 3.8) is 0 Å². The number of aliphatic hydroxyl groups is 1. The van der Waals surface area contributed by atoms with E-state index in [1.165, 1.54) is 0 Å². The number of hydrogen-bond acceptors (Lipinski definition) is 3. The van der Waals surface area contributed by atoms with E-state index in [4.69, 9.17) is 9.47 Å². The van der Waals surface area contributed by atoms with Crippen LogP contribution >= 0.6 is 15.9 Å². The highest BCUT2D eigenvalue weighted by atomic mass is 79.9. The molecular formula is C10H11BrO3. The molecule has 1 N–H and O–H groups in total. The third kappa shape index (κ3) is 1.78. The number of benzene rings is 1. The molecular weight excluding hydrogens is 248 g/mol. The molecule has 0 bridgehead atoms. The third-order valence-corrected chi connectivity index (χ3v) is 2.68. The van der Waals surface area contributed by atoms with Crippen molar-refractivity contribution in [2.24, 2.45) is 0 Å². The van der Waals surface area contributed by atoms with Crippen molar-refractivity contribution in [3.8, 4) is 5.75 Å². The summed E-state index contributed by atoms with van der Waals surface area (Å²) in [5.74, 6) is 0.775. The SMILES string of the molecule is CC(O)C1OCOc2cc(Br)ccc21. The minimum atomic E-state index is -0.529. The Labute approximate surface area is 90.8 Å². The van der Waals surface area contributed by atoms with Crippen molar-refractivity contribution >= 4 is 15.9 Å². The quantitative estimate of drug-likeness (QED) is 0.840. The lowest BCUT2D eigenvalue weighted by atomic mass is 10.0. The first kappa shape index (κ1) is 9.96. The minimum absolute atomic E-state index is 0.193. The van der Waals surface area contributed by atoms with Gasteiger partial charge in [0.2, 0.25) is 0 Å². The maximum absolute atomic E-state index is 9.50. The highest BCUT2D eigenvalue weighted by molar-refractivity contribution is 9.10. The Balaban J connectivity index is 2.40. The highest BCUT2D eigenvalue weighted by Gasteiger charge is 2.25. The van der Waals surface area contributed by atoms with Gasteiger partial charge in [0.05, 0.1) is 6.10 Å². The van der Waals surface area contributed by atoms with Crippen LogP contribution in [0.2, 0.25) is 0 Å². The van der Waals surface area contributed by atoms with Gasteiger partial charge in [0.1, 0.15) is 11.9 Å². The largest absolute Gasteiger partial charge is 0.467 e. The van der Waals surface area contributed by atoms with Crippen LogP contribution in [0, 0.1) is 0 Å². The molecule has 0 fully saturated rings. The first-order valence-corrected chi connectivity index (χ1v) is 5.19. The maximum Gasteiger partial charge on any atom is 0.189 e. The van der Waals surface area contributed by atoms with Crippen LogP contribution in [0.1, 0.15) is 18.6 Å². The predicted molar refractivity (Wildman–Crippen MR) is 55.1 cm³/mol. The molecule has 1 aromatic carbocycles. The summed E-state index contributed by atoms with van der Waals surface area (Å²) in [4.78, 5) is 0. The minimum Gasteiger partial charge on any atom is -0.467 e. The fourth-order valence-corrected chi connectivity index (χ4v) is 1.87. The summed E-state index contributed by atoms with van der Waals surface area (Å²) in [5.41, 5.74) is 0.898. The fourth-order valence-electron chi connectivity index (χ4n) is 1.53. The fraction of sp³-hybridized carbons (Fsp3) is 0.400. The molecule has 0 saturated heterocycles. The number of rotatable bonds is 1. The summed E-state index contributed by atoms with van der Waals surface area (Å²) in [5, 5.41) is 9.50. The number of hydrogen-bond donors (Lipinski definition) is 1. The maximum atomic E-state index is 9.50. The molecule has 1 heterocycles. The van der Waals surface area contributed by atoms with Crippen LogP contribution in [0.3, 0.4) is 0 Å². The zero-order valence-electron chi connectivity index (χ0n) is 7.74. The molecule has 3 nitrogen and oxygen atoms in total. The number of ether oxygens (including phenoxy) is 2. The zero-order chi connectivity index (χ0) is 10.1. The van der Waals surface area contributed by atoms with Gasteiger partial charge in [-0.05, 0) is 19.1 Å². The molecule has 2 atom stereocenters. The molecule has 1 aliphatic heterocycles. The van der Waals surface area contributed by atoms with E-state index in [0.29, 0.717) is 0 Å². The Morgan fingerprint density at radius 1 is 1.57 bits per heavy atom. The Morgan fingerprint density at radius 3 is 3.07 bits per heavy atom. The summed E-state index contributed by atoms with van der Waals surface area (Å²) in [6, 6.07) is 5.69. The van der Waals surface area contributed by atoms with Gasteiger partial charge < -0.3 is 14.6 Å². The van der Waals surface area contributed by atoms with Gasteiger partial charge in [-0.1, -0.05) is 22.0 Å². The van der Waals surface area contributed by atoms with E-state index in [2.05, 4.69) is 15.9 Å². The summed E-state index contributed by atoms with van der Waals surface area (Å²) in [6.45, 7) is 1.90. The van der Waals surface area contributed by atoms with E-state index in [9.17, 15) is 5.11 Å². The summed E-state index contributed by atoms with van der Waals surface area (Å²) >= 11 is 3.36. The molecule has 0 aliphatic carbocycles. The van der Waals surface area contributed by atoms with Crippen molar-refractivity contribution in [2.45, 2.75) is 19.1 Å². The van der Waals surface area contributed by atoms with Crippen LogP contribution in [0.15, 0.2) is 22.7 Å². The summed E-state index contributed by atoms with van der Waals surface area (Å²) in [7, 11) is 0. The second kappa shape index (κ2) is 3.88. The first-order chi connectivity index (χ1) is 6.68. The van der Waals surface area contributed by atoms with Gasteiger partial charge >= 0.3 is 0 Å². The molecule has 76 valence electrons. The van der Waals surface area contributed by atoms with E-state index in [1.54, 1.807) is 6.92 Å². The van der Waals surface area contributed by atoms with Gasteiger partial charge in [0.15, 0.2) is 6.79 Å². The Kier molecular flexibility index (Phi) is 2.76. The van der Waals surface area contributed by atoms with E-state index in [0.717, 1.165) is 15.8 Å². The normalized spacial score (nSPS) is 22.4. The molecule has 1 aliphatic rings. The molecule has 2 unspecified atom stereocenters. The second-order valence-corrected chi connectivity index (χ2v) is 4.19. The molecule has 0 aromatic heterocycles. The molecule has 0 saturated carbocycles. The molecule has 0 radical (unpaired) electrons. The average Bonchev–Trinajstić information content (AvgIpc) is 2.16. The standard InChI is InChI=1S/C10H11BrO3/c1-6(12)10-8-3-2-7(11)4-9(8)13-5-14-10/h2-4,6,10,12H,5H2,1H3. The molecule has 14 heavy (non-hydrogen) atoms. The Bertz CT molecular complexity index is 338. The zero-order valence-corrected chi connectivity index (χ0v) is 9.32. The Morgan fingerprint density at radius 2 is 2.36 bits per heavy atom. The van der Waals surface area contributed by atoms with Crippen LogP contribution < -0.4 is 4.74 Å². The topological polar surface area (TPSA) is 38.7 Å². The van der Waals surface area contributed by atoms with Crippen molar-refractivity contribution in [2.75, 3.05) is 6.79 Å². The predicted octanol–water partition coefficient (Wildman–Crippen LogP) is 2.24. The molecule has 0 amide bonds. The van der Waals surface area contributed by atoms with E-state index < -0.39 is 6.10 Å². The second-order valence-electron chi connectivity index (χ2n) is 3.27. The van der Waals surface area contributed by atoms with Gasteiger partial charge in [-0.2, -0.15) is 0 Å². The first-order valence-electron chi connectivity index (χ1n) is 4.40. The van der Waals surface area contributed by atoms with E-state index in [1.807, 2.05) is 18.2 Å². The third-order valence-electron chi connectivity index (χ3n) is 2.18. The van der Waals surface area contributed by atoms with Crippen molar-refractivity contribution < 1.29 is 14.6 Å². The number of fused-ring (bicyclic) bond motifs is 1. The number of halogens is 1. The monoisotopic (exact) mass is 258 g/mol. The van der Waals surface area contributed by atoms with Crippen molar-refractivity contribution in [1.82, 2.24) is 0 Å². The van der Waals surface area contributed by atoms with Crippen LogP contribution in [0.25, 0.3) is 0 Å². The lowest BCUT2D eigenvalue weighted by Gasteiger charge is -2.28. The molecule has 2 rings (SSSR count).